The van der Waals surface area contributed by atoms with Crippen molar-refractivity contribution in [1.82, 2.24) is 0 Å². The summed E-state index contributed by atoms with van der Waals surface area (Å²) in [6.07, 6.45) is 1.72. The van der Waals surface area contributed by atoms with Crippen LogP contribution in [0.3, 0.4) is 0 Å². The predicted octanol–water partition coefficient (Wildman–Crippen LogP) is 1.80. The van der Waals surface area contributed by atoms with Crippen LogP contribution in [-0.4, -0.2) is 31.8 Å². The van der Waals surface area contributed by atoms with E-state index in [9.17, 15) is 0 Å². The van der Waals surface area contributed by atoms with Gasteiger partial charge in [-0.3, -0.25) is 4.99 Å². The van der Waals surface area contributed by atoms with Crippen LogP contribution in [0, 0.1) is 0 Å². The van der Waals surface area contributed by atoms with Gasteiger partial charge in [0.15, 0.2) is 6.40 Å². The monoisotopic (exact) mass is 189 g/mol. The average molecular weight is 189 g/mol. The molecule has 78 valence electrons. The average Bonchev–Trinajstić information content (AvgIpc) is 2.01. The highest BCUT2D eigenvalue weighted by Gasteiger charge is 1.92. The molecule has 0 rings (SSSR count). The van der Waals surface area contributed by atoms with Crippen molar-refractivity contribution in [3.05, 3.63) is 0 Å². The molecule has 0 spiro atoms. The summed E-state index contributed by atoms with van der Waals surface area (Å²) in [5.74, 6) is 0. The van der Waals surface area contributed by atoms with Gasteiger partial charge in [-0.05, 0) is 27.7 Å². The first kappa shape index (κ1) is 12.4. The Morgan fingerprint density at radius 1 is 1.15 bits per heavy atom. The van der Waals surface area contributed by atoms with E-state index in [2.05, 4.69) is 4.99 Å². The summed E-state index contributed by atoms with van der Waals surface area (Å²) in [5.41, 5.74) is 0. The van der Waals surface area contributed by atoms with Gasteiger partial charge in [-0.25, -0.2) is 9.78 Å². The number of rotatable bonds is 7. The molecule has 0 saturated carbocycles. The van der Waals surface area contributed by atoms with E-state index in [1.54, 1.807) is 0 Å². The van der Waals surface area contributed by atoms with Crippen LogP contribution < -0.4 is 0 Å². The molecule has 13 heavy (non-hydrogen) atoms. The van der Waals surface area contributed by atoms with Gasteiger partial charge in [-0.2, -0.15) is 0 Å². The van der Waals surface area contributed by atoms with Gasteiger partial charge in [0.25, 0.3) is 0 Å². The zero-order valence-electron chi connectivity index (χ0n) is 8.82. The fourth-order valence-corrected chi connectivity index (χ4v) is 0.492. The van der Waals surface area contributed by atoms with Gasteiger partial charge in [0.05, 0.1) is 18.8 Å². The van der Waals surface area contributed by atoms with E-state index in [4.69, 9.17) is 14.5 Å². The van der Waals surface area contributed by atoms with Crippen molar-refractivity contribution in [2.45, 2.75) is 39.9 Å². The van der Waals surface area contributed by atoms with E-state index in [0.29, 0.717) is 13.2 Å². The van der Waals surface area contributed by atoms with Gasteiger partial charge >= 0.3 is 0 Å². The van der Waals surface area contributed by atoms with Crippen LogP contribution >= 0.6 is 0 Å². The summed E-state index contributed by atoms with van der Waals surface area (Å²) < 4.78 is 5.08. The summed E-state index contributed by atoms with van der Waals surface area (Å²) in [6.45, 7) is 8.72. The maximum atomic E-state index is 5.08. The van der Waals surface area contributed by atoms with Crippen LogP contribution in [0.25, 0.3) is 0 Å². The smallest absolute Gasteiger partial charge is 0.169 e. The molecule has 0 aromatic rings. The van der Waals surface area contributed by atoms with Crippen molar-refractivity contribution < 1.29 is 14.5 Å². The van der Waals surface area contributed by atoms with Gasteiger partial charge in [0, 0.05) is 0 Å². The minimum Gasteiger partial charge on any atom is -0.481 e. The van der Waals surface area contributed by atoms with E-state index in [1.807, 2.05) is 27.7 Å². The minimum atomic E-state index is 0.0934. The molecule has 0 aliphatic rings. The SMILES string of the molecule is CC(C)OC=NCCOOC(C)C. The highest BCUT2D eigenvalue weighted by Crippen LogP contribution is 1.88. The first-order valence-electron chi connectivity index (χ1n) is 4.55. The van der Waals surface area contributed by atoms with Crippen molar-refractivity contribution in [3.8, 4) is 0 Å². The van der Waals surface area contributed by atoms with Crippen LogP contribution in [0.15, 0.2) is 4.99 Å². The second-order valence-corrected chi connectivity index (χ2v) is 3.16. The lowest BCUT2D eigenvalue weighted by molar-refractivity contribution is -0.314. The molecule has 0 aliphatic carbocycles. The Balaban J connectivity index is 3.11. The van der Waals surface area contributed by atoms with Crippen molar-refractivity contribution in [2.75, 3.05) is 13.2 Å². The number of hydrogen-bond acceptors (Lipinski definition) is 4. The molecular formula is C9H19NO3. The second-order valence-electron chi connectivity index (χ2n) is 3.16. The molecule has 0 heterocycles. The number of aliphatic imine (C=N–C) groups is 1. The van der Waals surface area contributed by atoms with Crippen molar-refractivity contribution in [3.63, 3.8) is 0 Å². The van der Waals surface area contributed by atoms with Crippen LogP contribution in [0.2, 0.25) is 0 Å². The molecule has 0 aromatic carbocycles. The van der Waals surface area contributed by atoms with Crippen LogP contribution in [0.5, 0.6) is 0 Å². The molecule has 0 amide bonds. The van der Waals surface area contributed by atoms with E-state index in [0.717, 1.165) is 0 Å². The molecule has 0 aromatic heterocycles. The third-order valence-electron chi connectivity index (χ3n) is 0.972. The maximum Gasteiger partial charge on any atom is 0.169 e. The molecule has 4 heteroatoms. The fourth-order valence-electron chi connectivity index (χ4n) is 0.492. The summed E-state index contributed by atoms with van der Waals surface area (Å²) in [5, 5.41) is 0. The third kappa shape index (κ3) is 11.4. The number of hydrogen-bond donors (Lipinski definition) is 0. The largest absolute Gasteiger partial charge is 0.481 e. The van der Waals surface area contributed by atoms with Gasteiger partial charge in [0.1, 0.15) is 6.61 Å². The van der Waals surface area contributed by atoms with Crippen molar-refractivity contribution in [2.24, 2.45) is 4.99 Å². The summed E-state index contributed by atoms with van der Waals surface area (Å²) in [6, 6.07) is 0. The second kappa shape index (κ2) is 8.01. The van der Waals surface area contributed by atoms with E-state index >= 15 is 0 Å². The van der Waals surface area contributed by atoms with Gasteiger partial charge in [0.2, 0.25) is 0 Å². The Morgan fingerprint density at radius 3 is 2.38 bits per heavy atom. The molecule has 0 unspecified atom stereocenters. The Labute approximate surface area is 79.8 Å². The number of ether oxygens (including phenoxy) is 1. The molecule has 0 saturated heterocycles. The number of nitrogens with zero attached hydrogens (tertiary/aromatic N) is 1. The van der Waals surface area contributed by atoms with Gasteiger partial charge < -0.3 is 4.74 Å². The summed E-state index contributed by atoms with van der Waals surface area (Å²) in [7, 11) is 0. The maximum absolute atomic E-state index is 5.08. The molecule has 0 fully saturated rings. The Morgan fingerprint density at radius 2 is 1.85 bits per heavy atom. The molecule has 0 aliphatic heterocycles. The first-order valence-corrected chi connectivity index (χ1v) is 4.55. The highest BCUT2D eigenvalue weighted by atomic mass is 17.2. The standard InChI is InChI=1S/C9H19NO3/c1-8(2)11-7-10-5-6-12-13-9(3)4/h7-9H,5-6H2,1-4H3. The first-order chi connectivity index (χ1) is 6.13. The highest BCUT2D eigenvalue weighted by molar-refractivity contribution is 5.46. The van der Waals surface area contributed by atoms with E-state index < -0.39 is 0 Å². The molecule has 0 bridgehead atoms. The minimum absolute atomic E-state index is 0.0934. The molecule has 0 radical (unpaired) electrons. The third-order valence-corrected chi connectivity index (χ3v) is 0.972. The fraction of sp³-hybridized carbons (Fsp3) is 0.889. The zero-order valence-corrected chi connectivity index (χ0v) is 8.82. The quantitative estimate of drug-likeness (QED) is 0.201. The lowest BCUT2D eigenvalue weighted by atomic mass is 10.5. The normalized spacial score (nSPS) is 11.8. The topological polar surface area (TPSA) is 40.0 Å². The zero-order chi connectivity index (χ0) is 10.1. The van der Waals surface area contributed by atoms with Crippen LogP contribution in [0.4, 0.5) is 0 Å². The Hall–Kier alpha value is -0.610. The lowest BCUT2D eigenvalue weighted by Crippen LogP contribution is -2.07. The van der Waals surface area contributed by atoms with Crippen LogP contribution in [0.1, 0.15) is 27.7 Å². The lowest BCUT2D eigenvalue weighted by Gasteiger charge is -2.05. The van der Waals surface area contributed by atoms with Crippen molar-refractivity contribution in [1.29, 1.82) is 0 Å². The van der Waals surface area contributed by atoms with Gasteiger partial charge in [-0.15, -0.1) is 0 Å². The molecule has 4 nitrogen and oxygen atoms in total. The van der Waals surface area contributed by atoms with Gasteiger partial charge in [-0.1, -0.05) is 0 Å². The Bertz CT molecular complexity index is 135. The molecule has 0 atom stereocenters. The molecule has 0 N–H and O–H groups in total. The van der Waals surface area contributed by atoms with E-state index in [-0.39, 0.29) is 12.2 Å². The van der Waals surface area contributed by atoms with Crippen molar-refractivity contribution >= 4 is 6.40 Å². The van der Waals surface area contributed by atoms with Crippen LogP contribution in [-0.2, 0) is 14.5 Å². The summed E-state index contributed by atoms with van der Waals surface area (Å²) >= 11 is 0. The van der Waals surface area contributed by atoms with E-state index in [1.165, 1.54) is 6.40 Å². The predicted molar refractivity (Wildman–Crippen MR) is 51.8 cm³/mol. The summed E-state index contributed by atoms with van der Waals surface area (Å²) in [4.78, 5) is 13.6. The Kier molecular flexibility index (Phi) is 7.63. The molecular weight excluding hydrogens is 170 g/mol.